The Labute approximate surface area is 131 Å². The van der Waals surface area contributed by atoms with Crippen LogP contribution in [0.15, 0.2) is 23.6 Å². The molecule has 0 aromatic carbocycles. The van der Waals surface area contributed by atoms with E-state index in [-0.39, 0.29) is 17.9 Å². The van der Waals surface area contributed by atoms with Gasteiger partial charge in [0.2, 0.25) is 0 Å². The summed E-state index contributed by atoms with van der Waals surface area (Å²) in [6.07, 6.45) is -1.31. The molecule has 1 aliphatic rings. The predicted molar refractivity (Wildman–Crippen MR) is 80.8 cm³/mol. The number of ether oxygens (including phenoxy) is 1. The highest BCUT2D eigenvalue weighted by Gasteiger charge is 2.55. The van der Waals surface area contributed by atoms with Crippen molar-refractivity contribution in [1.29, 1.82) is 5.26 Å². The summed E-state index contributed by atoms with van der Waals surface area (Å²) < 4.78 is 6.49. The summed E-state index contributed by atoms with van der Waals surface area (Å²) in [5, 5.41) is 35.9. The molecule has 1 fully saturated rings. The standard InChI is InChI=1S/C12H18N4O5.CHN/c1-2-3-12(9(19)8(18)7(5-17)21-12)16-4-6(13)10(14)15-11(16)20;1-2/h2,4,7-9,17-19H,1,3,5,13H2,(H2,14,15,20);1H/t7-,8-,9-,12-;/m1./s1. The zero-order valence-corrected chi connectivity index (χ0v) is 12.2. The van der Waals surface area contributed by atoms with Gasteiger partial charge in [-0.2, -0.15) is 4.98 Å². The van der Waals surface area contributed by atoms with Crippen molar-refractivity contribution in [2.45, 2.75) is 30.5 Å². The molecule has 1 aromatic heterocycles. The fraction of sp³-hybridized carbons (Fsp3) is 0.462. The van der Waals surface area contributed by atoms with E-state index in [2.05, 4.69) is 18.1 Å². The van der Waals surface area contributed by atoms with Crippen LogP contribution in [0.1, 0.15) is 6.42 Å². The van der Waals surface area contributed by atoms with Crippen molar-refractivity contribution in [2.24, 2.45) is 0 Å². The van der Waals surface area contributed by atoms with Gasteiger partial charge in [0, 0.05) is 19.2 Å². The summed E-state index contributed by atoms with van der Waals surface area (Å²) >= 11 is 0. The van der Waals surface area contributed by atoms with Crippen LogP contribution in [0.3, 0.4) is 0 Å². The van der Waals surface area contributed by atoms with Crippen LogP contribution in [0.4, 0.5) is 11.5 Å². The van der Waals surface area contributed by atoms with Gasteiger partial charge in [-0.1, -0.05) is 6.08 Å². The highest BCUT2D eigenvalue weighted by molar-refractivity contribution is 5.55. The van der Waals surface area contributed by atoms with Gasteiger partial charge in [0.25, 0.3) is 0 Å². The molecule has 126 valence electrons. The van der Waals surface area contributed by atoms with Crippen LogP contribution >= 0.6 is 0 Å². The highest BCUT2D eigenvalue weighted by atomic mass is 16.6. The lowest BCUT2D eigenvalue weighted by atomic mass is 9.99. The minimum atomic E-state index is -1.65. The molecule has 1 aliphatic heterocycles. The normalized spacial score (nSPS) is 29.5. The predicted octanol–water partition coefficient (Wildman–Crippen LogP) is -2.11. The van der Waals surface area contributed by atoms with Gasteiger partial charge in [-0.3, -0.25) is 4.57 Å². The Balaban J connectivity index is 0.00000127. The van der Waals surface area contributed by atoms with Gasteiger partial charge in [-0.15, -0.1) is 6.58 Å². The Morgan fingerprint density at radius 3 is 2.61 bits per heavy atom. The van der Waals surface area contributed by atoms with E-state index in [0.717, 1.165) is 4.57 Å². The number of aliphatic hydroxyl groups excluding tert-OH is 3. The van der Waals surface area contributed by atoms with Gasteiger partial charge in [-0.25, -0.2) is 10.1 Å². The molecule has 2 rings (SSSR count). The first-order chi connectivity index (χ1) is 10.9. The zero-order chi connectivity index (χ0) is 17.8. The molecule has 0 aliphatic carbocycles. The van der Waals surface area contributed by atoms with Crippen LogP contribution in [0.2, 0.25) is 0 Å². The second-order valence-corrected chi connectivity index (χ2v) is 4.85. The Morgan fingerprint density at radius 1 is 1.52 bits per heavy atom. The minimum Gasteiger partial charge on any atom is -0.395 e. The van der Waals surface area contributed by atoms with Gasteiger partial charge in [0.15, 0.2) is 11.5 Å². The molecule has 0 bridgehead atoms. The van der Waals surface area contributed by atoms with Crippen LogP contribution in [-0.4, -0.2) is 49.8 Å². The van der Waals surface area contributed by atoms with Crippen LogP contribution in [0, 0.1) is 11.8 Å². The first-order valence-corrected chi connectivity index (χ1v) is 6.54. The van der Waals surface area contributed by atoms with E-state index in [0.29, 0.717) is 0 Å². The molecular formula is C13H19N5O5. The molecule has 4 atom stereocenters. The Bertz CT molecular complexity index is 645. The van der Waals surface area contributed by atoms with Gasteiger partial charge in [0.05, 0.1) is 12.3 Å². The number of hydrogen-bond acceptors (Lipinski definition) is 9. The first-order valence-electron chi connectivity index (χ1n) is 6.54. The number of nitriles is 1. The summed E-state index contributed by atoms with van der Waals surface area (Å²) in [4.78, 5) is 15.6. The van der Waals surface area contributed by atoms with E-state index in [1.807, 2.05) is 0 Å². The first kappa shape index (κ1) is 18.6. The maximum atomic E-state index is 12.1. The van der Waals surface area contributed by atoms with Crippen LogP contribution in [0.25, 0.3) is 0 Å². The molecule has 0 unspecified atom stereocenters. The maximum absolute atomic E-state index is 12.1. The maximum Gasteiger partial charge on any atom is 0.352 e. The van der Waals surface area contributed by atoms with Gasteiger partial charge >= 0.3 is 5.69 Å². The molecule has 0 spiro atoms. The number of nitrogens with two attached hydrogens (primary N) is 2. The molecule has 2 heterocycles. The molecule has 10 nitrogen and oxygen atoms in total. The van der Waals surface area contributed by atoms with Crippen molar-refractivity contribution in [3.8, 4) is 6.57 Å². The van der Waals surface area contributed by atoms with Crippen molar-refractivity contribution in [3.05, 3.63) is 29.3 Å². The fourth-order valence-corrected chi connectivity index (χ4v) is 2.44. The fourth-order valence-electron chi connectivity index (χ4n) is 2.44. The number of nitrogen functional groups attached to an aromatic ring is 2. The van der Waals surface area contributed by atoms with Crippen molar-refractivity contribution < 1.29 is 20.1 Å². The lowest BCUT2D eigenvalue weighted by Crippen LogP contribution is -2.50. The second kappa shape index (κ2) is 7.21. The lowest BCUT2D eigenvalue weighted by molar-refractivity contribution is -0.148. The summed E-state index contributed by atoms with van der Waals surface area (Å²) in [6.45, 7) is 6.52. The molecule has 1 saturated heterocycles. The average molecular weight is 325 g/mol. The van der Waals surface area contributed by atoms with Crippen molar-refractivity contribution in [2.75, 3.05) is 18.1 Å². The number of anilines is 2. The summed E-state index contributed by atoms with van der Waals surface area (Å²) in [5.41, 5.74) is 8.67. The third-order valence-corrected chi connectivity index (χ3v) is 3.53. The summed E-state index contributed by atoms with van der Waals surface area (Å²) in [7, 11) is 0. The number of aromatic nitrogens is 2. The van der Waals surface area contributed by atoms with E-state index in [1.54, 1.807) is 0 Å². The topological polar surface area (TPSA) is 181 Å². The monoisotopic (exact) mass is 325 g/mol. The van der Waals surface area contributed by atoms with E-state index < -0.39 is 36.3 Å². The third-order valence-electron chi connectivity index (χ3n) is 3.53. The van der Waals surface area contributed by atoms with Gasteiger partial charge in [0.1, 0.15) is 18.3 Å². The Morgan fingerprint density at radius 2 is 2.13 bits per heavy atom. The lowest BCUT2D eigenvalue weighted by Gasteiger charge is -2.33. The van der Waals surface area contributed by atoms with Gasteiger partial charge < -0.3 is 31.5 Å². The Hall–Kier alpha value is -2.45. The smallest absolute Gasteiger partial charge is 0.352 e. The van der Waals surface area contributed by atoms with E-state index >= 15 is 0 Å². The zero-order valence-electron chi connectivity index (χ0n) is 12.2. The van der Waals surface area contributed by atoms with E-state index in [9.17, 15) is 20.1 Å². The van der Waals surface area contributed by atoms with Crippen LogP contribution in [0.5, 0.6) is 0 Å². The van der Waals surface area contributed by atoms with E-state index in [1.165, 1.54) is 12.3 Å². The molecular weight excluding hydrogens is 306 g/mol. The molecule has 0 saturated carbocycles. The van der Waals surface area contributed by atoms with Crippen LogP contribution < -0.4 is 17.2 Å². The van der Waals surface area contributed by atoms with Crippen molar-refractivity contribution in [3.63, 3.8) is 0 Å². The van der Waals surface area contributed by atoms with Gasteiger partial charge in [-0.05, 0) is 0 Å². The number of nitrogens with zero attached hydrogens (tertiary/aromatic N) is 3. The summed E-state index contributed by atoms with van der Waals surface area (Å²) in [6, 6.07) is 0. The quantitative estimate of drug-likeness (QED) is 0.387. The SMILES string of the molecule is C#N.C=CC[C@@]1(n2cc(N)c(N)nc2=O)O[C@H](CO)[C@@H](O)[C@H]1O. The molecule has 0 amide bonds. The molecule has 1 aromatic rings. The highest BCUT2D eigenvalue weighted by Crippen LogP contribution is 2.38. The number of hydrogen-bond donors (Lipinski definition) is 5. The Kier molecular flexibility index (Phi) is 5.83. The molecule has 7 N–H and O–H groups in total. The number of rotatable bonds is 4. The summed E-state index contributed by atoms with van der Waals surface area (Å²) in [5.74, 6) is -0.142. The average Bonchev–Trinajstić information content (AvgIpc) is 2.78. The minimum absolute atomic E-state index is 0.00727. The van der Waals surface area contributed by atoms with Crippen molar-refractivity contribution in [1.82, 2.24) is 9.55 Å². The van der Waals surface area contributed by atoms with Crippen LogP contribution in [-0.2, 0) is 10.5 Å². The second-order valence-electron chi connectivity index (χ2n) is 4.85. The largest absolute Gasteiger partial charge is 0.395 e. The van der Waals surface area contributed by atoms with Crippen molar-refractivity contribution >= 4 is 11.5 Å². The van der Waals surface area contributed by atoms with E-state index in [4.69, 9.17) is 21.5 Å². The molecule has 10 heteroatoms. The third kappa shape index (κ3) is 3.03. The number of aliphatic hydroxyl groups is 3. The molecule has 23 heavy (non-hydrogen) atoms. The molecule has 0 radical (unpaired) electrons.